The molecule has 0 aromatic heterocycles. The fourth-order valence-corrected chi connectivity index (χ4v) is 8.85. The van der Waals surface area contributed by atoms with Gasteiger partial charge in [0.05, 0.1) is 21.3 Å². The molecule has 1 aliphatic carbocycles. The molecule has 4 aromatic rings. The Morgan fingerprint density at radius 2 is 1.39 bits per heavy atom. The number of methoxy groups -OCH3 is 3. The lowest BCUT2D eigenvalue weighted by molar-refractivity contribution is -0.121. The zero-order chi connectivity index (χ0) is 36.4. The summed E-state index contributed by atoms with van der Waals surface area (Å²) in [6, 6.07) is 34.5. The van der Waals surface area contributed by atoms with Crippen LogP contribution in [-0.4, -0.2) is 82.3 Å². The van der Waals surface area contributed by atoms with Gasteiger partial charge in [0, 0.05) is 43.6 Å². The molecule has 1 unspecified atom stereocenters. The van der Waals surface area contributed by atoms with E-state index in [1.165, 1.54) is 22.3 Å². The summed E-state index contributed by atoms with van der Waals surface area (Å²) >= 11 is 0. The van der Waals surface area contributed by atoms with Crippen LogP contribution >= 0.6 is 24.8 Å². The molecule has 7 nitrogen and oxygen atoms in total. The topological polar surface area (TPSA) is 63.3 Å². The molecule has 0 bridgehead atoms. The lowest BCUT2D eigenvalue weighted by Crippen LogP contribution is -2.63. The van der Waals surface area contributed by atoms with E-state index in [1.54, 1.807) is 21.3 Å². The summed E-state index contributed by atoms with van der Waals surface area (Å²) in [5.41, 5.74) is 6.56. The molecule has 292 valence electrons. The summed E-state index contributed by atoms with van der Waals surface area (Å²) in [5, 5.41) is 3.23. The third-order valence-corrected chi connectivity index (χ3v) is 11.7. The van der Waals surface area contributed by atoms with Gasteiger partial charge in [0.25, 0.3) is 0 Å². The highest BCUT2D eigenvalue weighted by Crippen LogP contribution is 2.43. The molecular weight excluding hydrogens is 717 g/mol. The van der Waals surface area contributed by atoms with Crippen LogP contribution < -0.4 is 19.5 Å². The monoisotopic (exact) mass is 775 g/mol. The standard InChI is InChI=1S/C45H57N3O4.2ClH/c1-47-29-30-48(44(34-47)26-23-36-31-41(51-3)42(52-4)32-37(36)33-44)28-12-25-45(38-13-7-5-8-14-38,39-15-9-6-10-16-39)24-11-27-46-43(49)22-19-35-17-20-40(50-2)21-18-35;;/h5-10,13-18,20-21,31-32H,11-12,19,22-30,33-34H2,1-4H3,(H,46,49);2*1H. The second-order valence-corrected chi connectivity index (χ2v) is 14.8. The number of fused-ring (bicyclic) bond motifs is 1. The first-order valence-corrected chi connectivity index (χ1v) is 19.1. The number of nitrogens with one attached hydrogen (secondary N) is 1. The molecule has 2 aliphatic rings. The van der Waals surface area contributed by atoms with Crippen molar-refractivity contribution in [2.75, 3.05) is 61.1 Å². The van der Waals surface area contributed by atoms with Crippen LogP contribution in [0, 0.1) is 0 Å². The van der Waals surface area contributed by atoms with Crippen molar-refractivity contribution in [1.29, 1.82) is 0 Å². The molecule has 1 aliphatic heterocycles. The van der Waals surface area contributed by atoms with Gasteiger partial charge in [-0.3, -0.25) is 9.69 Å². The highest BCUT2D eigenvalue weighted by atomic mass is 35.5. The van der Waals surface area contributed by atoms with E-state index in [9.17, 15) is 4.79 Å². The average molecular weight is 777 g/mol. The van der Waals surface area contributed by atoms with Gasteiger partial charge in [0.1, 0.15) is 5.75 Å². The van der Waals surface area contributed by atoms with E-state index in [0.717, 1.165) is 100 Å². The number of benzene rings is 4. The highest BCUT2D eigenvalue weighted by molar-refractivity contribution is 5.85. The van der Waals surface area contributed by atoms with Gasteiger partial charge in [-0.05, 0) is 117 Å². The van der Waals surface area contributed by atoms with E-state index in [0.29, 0.717) is 13.0 Å². The Kier molecular flexibility index (Phi) is 16.1. The number of rotatable bonds is 16. The van der Waals surface area contributed by atoms with Crippen molar-refractivity contribution in [1.82, 2.24) is 15.1 Å². The fraction of sp³-hybridized carbons (Fsp3) is 0.444. The minimum absolute atomic E-state index is 0. The van der Waals surface area contributed by atoms with Crippen LogP contribution in [0.1, 0.15) is 66.3 Å². The van der Waals surface area contributed by atoms with Gasteiger partial charge in [-0.2, -0.15) is 0 Å². The first-order valence-electron chi connectivity index (χ1n) is 19.1. The van der Waals surface area contributed by atoms with E-state index >= 15 is 0 Å². The quantitative estimate of drug-likeness (QED) is 0.116. The van der Waals surface area contributed by atoms with Crippen LogP contribution in [0.5, 0.6) is 17.2 Å². The lowest BCUT2D eigenvalue weighted by atomic mass is 9.68. The SMILES string of the molecule is COc1ccc(CCC(=O)NCCCC(CCCN2CCN(C)CC23CCc2cc(OC)c(OC)cc2C3)(c2ccccc2)c2ccccc2)cc1.Cl.Cl. The number of aryl methyl sites for hydroxylation is 2. The van der Waals surface area contributed by atoms with E-state index in [2.05, 4.69) is 95.0 Å². The number of nitrogens with zero attached hydrogens (tertiary/aromatic N) is 2. The van der Waals surface area contributed by atoms with Gasteiger partial charge >= 0.3 is 0 Å². The largest absolute Gasteiger partial charge is 0.497 e. The van der Waals surface area contributed by atoms with Gasteiger partial charge in [-0.15, -0.1) is 24.8 Å². The summed E-state index contributed by atoms with van der Waals surface area (Å²) in [4.78, 5) is 18.2. The van der Waals surface area contributed by atoms with Crippen LogP contribution in [0.25, 0.3) is 0 Å². The number of carbonyl (C=O) groups excluding carboxylic acids is 1. The van der Waals surface area contributed by atoms with E-state index < -0.39 is 0 Å². The zero-order valence-electron chi connectivity index (χ0n) is 32.5. The predicted molar refractivity (Wildman–Crippen MR) is 224 cm³/mol. The predicted octanol–water partition coefficient (Wildman–Crippen LogP) is 8.33. The number of likely N-dealkylation sites (N-methyl/N-ethyl adjacent to an activating group) is 1. The summed E-state index contributed by atoms with van der Waals surface area (Å²) < 4.78 is 16.6. The van der Waals surface area contributed by atoms with Crippen molar-refractivity contribution in [3.05, 3.63) is 125 Å². The molecule has 1 saturated heterocycles. The summed E-state index contributed by atoms with van der Waals surface area (Å²) in [6.45, 7) is 4.95. The molecule has 9 heteroatoms. The first kappa shape index (κ1) is 43.0. The minimum atomic E-state index is -0.154. The molecule has 1 amide bonds. The van der Waals surface area contributed by atoms with Crippen LogP contribution in [0.3, 0.4) is 0 Å². The van der Waals surface area contributed by atoms with Gasteiger partial charge < -0.3 is 24.4 Å². The minimum Gasteiger partial charge on any atom is -0.497 e. The van der Waals surface area contributed by atoms with Crippen molar-refractivity contribution in [2.24, 2.45) is 0 Å². The maximum atomic E-state index is 12.9. The molecule has 6 rings (SSSR count). The molecule has 1 spiro atoms. The van der Waals surface area contributed by atoms with E-state index in [-0.39, 0.29) is 41.7 Å². The Morgan fingerprint density at radius 1 is 0.778 bits per heavy atom. The second kappa shape index (κ2) is 20.2. The second-order valence-electron chi connectivity index (χ2n) is 14.8. The van der Waals surface area contributed by atoms with Gasteiger partial charge in [0.15, 0.2) is 11.5 Å². The third-order valence-electron chi connectivity index (χ3n) is 11.7. The molecule has 0 saturated carbocycles. The molecule has 1 N–H and O–H groups in total. The number of piperazine rings is 1. The van der Waals surface area contributed by atoms with Gasteiger partial charge in [-0.1, -0.05) is 72.8 Å². The summed E-state index contributed by atoms with van der Waals surface area (Å²) in [5.74, 6) is 2.57. The van der Waals surface area contributed by atoms with Crippen LogP contribution in [-0.2, 0) is 29.5 Å². The third kappa shape index (κ3) is 10.1. The maximum absolute atomic E-state index is 12.9. The highest BCUT2D eigenvalue weighted by Gasteiger charge is 2.43. The van der Waals surface area contributed by atoms with Crippen LogP contribution in [0.2, 0.25) is 0 Å². The number of ether oxygens (including phenoxy) is 3. The number of hydrogen-bond donors (Lipinski definition) is 1. The Balaban J connectivity index is 0.00000325. The molecule has 1 fully saturated rings. The Labute approximate surface area is 335 Å². The van der Waals surface area contributed by atoms with E-state index in [4.69, 9.17) is 14.2 Å². The average Bonchev–Trinajstić information content (AvgIpc) is 3.19. The lowest BCUT2D eigenvalue weighted by Gasteiger charge is -2.53. The smallest absolute Gasteiger partial charge is 0.220 e. The van der Waals surface area contributed by atoms with Crippen LogP contribution in [0.4, 0.5) is 0 Å². The van der Waals surface area contributed by atoms with E-state index in [1.807, 2.05) is 24.3 Å². The van der Waals surface area contributed by atoms with Gasteiger partial charge in [0.2, 0.25) is 5.91 Å². The molecular formula is C45H59Cl2N3O4. The van der Waals surface area contributed by atoms with Crippen LogP contribution in [0.15, 0.2) is 97.1 Å². The van der Waals surface area contributed by atoms with Crippen molar-refractivity contribution in [3.8, 4) is 17.2 Å². The number of halogens is 2. The summed E-state index contributed by atoms with van der Waals surface area (Å²) in [6.07, 6.45) is 8.39. The fourth-order valence-electron chi connectivity index (χ4n) is 8.85. The van der Waals surface area contributed by atoms with Crippen molar-refractivity contribution in [3.63, 3.8) is 0 Å². The maximum Gasteiger partial charge on any atom is 0.220 e. The van der Waals surface area contributed by atoms with Crippen molar-refractivity contribution < 1.29 is 19.0 Å². The van der Waals surface area contributed by atoms with Crippen molar-refractivity contribution >= 4 is 30.7 Å². The van der Waals surface area contributed by atoms with Gasteiger partial charge in [-0.25, -0.2) is 0 Å². The molecule has 1 atom stereocenters. The zero-order valence-corrected chi connectivity index (χ0v) is 34.1. The van der Waals surface area contributed by atoms with Crippen molar-refractivity contribution in [2.45, 2.75) is 68.7 Å². The number of amides is 1. The normalized spacial score (nSPS) is 17.1. The number of carbonyl (C=O) groups is 1. The molecule has 1 heterocycles. The Hall–Kier alpha value is -3.75. The molecule has 4 aromatic carbocycles. The summed E-state index contributed by atoms with van der Waals surface area (Å²) in [7, 11) is 7.39. The molecule has 0 radical (unpaired) electrons. The Bertz CT molecular complexity index is 1700. The Morgan fingerprint density at radius 3 is 2.00 bits per heavy atom. The first-order chi connectivity index (χ1) is 25.4. The number of hydrogen-bond acceptors (Lipinski definition) is 6. The molecule has 54 heavy (non-hydrogen) atoms.